The van der Waals surface area contributed by atoms with Gasteiger partial charge in [0.25, 0.3) is 17.5 Å². The van der Waals surface area contributed by atoms with Crippen molar-refractivity contribution >= 4 is 34.8 Å². The van der Waals surface area contributed by atoms with E-state index in [0.29, 0.717) is 5.75 Å². The molecule has 3 N–H and O–H groups in total. The highest BCUT2D eigenvalue weighted by Crippen LogP contribution is 2.22. The summed E-state index contributed by atoms with van der Waals surface area (Å²) in [5.41, 5.74) is 5.92. The lowest BCUT2D eigenvalue weighted by Crippen LogP contribution is -2.49. The zero-order chi connectivity index (χ0) is 20.7. The molecule has 2 aromatic carbocycles. The molecular weight excluding hydrogens is 384 g/mol. The number of carbonyl (C=O) groups is 2. The lowest BCUT2D eigenvalue weighted by molar-refractivity contribution is -0.385. The van der Waals surface area contributed by atoms with E-state index >= 15 is 0 Å². The van der Waals surface area contributed by atoms with Gasteiger partial charge in [0.15, 0.2) is 11.7 Å². The van der Waals surface area contributed by atoms with Crippen LogP contribution in [0.25, 0.3) is 0 Å². The van der Waals surface area contributed by atoms with Crippen molar-refractivity contribution in [3.8, 4) is 5.75 Å². The molecule has 0 fully saturated rings. The minimum absolute atomic E-state index is 0.152. The molecule has 2 aromatic rings. The van der Waals surface area contributed by atoms with Gasteiger partial charge in [-0.2, -0.15) is 0 Å². The number of nitrogens with zero attached hydrogens (tertiary/aromatic N) is 1. The molecule has 146 valence electrons. The second-order valence-electron chi connectivity index (χ2n) is 5.74. The van der Waals surface area contributed by atoms with E-state index in [2.05, 4.69) is 16.2 Å². The average molecular weight is 402 g/mol. The molecule has 0 unspecified atom stereocenters. The Hall–Kier alpha value is -3.53. The first-order valence-electron chi connectivity index (χ1n) is 8.12. The number of ether oxygens (including phenoxy) is 1. The summed E-state index contributed by atoms with van der Waals surface area (Å²) < 4.78 is 5.50. The molecule has 0 aromatic heterocycles. The first-order valence-corrected chi connectivity index (χ1v) is 8.53. The average Bonchev–Trinajstić information content (AvgIpc) is 2.66. The summed E-state index contributed by atoms with van der Waals surface area (Å²) in [6.07, 6.45) is 0. The summed E-state index contributed by atoms with van der Waals surface area (Å²) in [5.74, 6) is -0.680. The molecule has 0 aliphatic heterocycles. The third-order valence-electron chi connectivity index (χ3n) is 3.64. The molecule has 0 spiro atoms. The van der Waals surface area contributed by atoms with Crippen molar-refractivity contribution < 1.29 is 19.2 Å². The van der Waals surface area contributed by atoms with Gasteiger partial charge in [0.2, 0.25) is 0 Å². The Kier molecular flexibility index (Phi) is 6.99. The number of hydrogen-bond donors (Lipinski definition) is 3. The van der Waals surface area contributed by atoms with Crippen molar-refractivity contribution in [1.82, 2.24) is 16.2 Å². The minimum atomic E-state index is -0.772. The highest BCUT2D eigenvalue weighted by atomic mass is 32.1. The van der Waals surface area contributed by atoms with E-state index in [1.54, 1.807) is 0 Å². The van der Waals surface area contributed by atoms with Crippen LogP contribution in [0.2, 0.25) is 0 Å². The van der Waals surface area contributed by atoms with Crippen LogP contribution in [-0.2, 0) is 4.79 Å². The monoisotopic (exact) mass is 402 g/mol. The van der Waals surface area contributed by atoms with Gasteiger partial charge >= 0.3 is 0 Å². The fraction of sp³-hybridized carbons (Fsp3) is 0.167. The molecule has 10 heteroatoms. The van der Waals surface area contributed by atoms with Crippen molar-refractivity contribution in [3.05, 3.63) is 69.3 Å². The molecule has 0 aliphatic rings. The molecule has 9 nitrogen and oxygen atoms in total. The summed E-state index contributed by atoms with van der Waals surface area (Å²) in [7, 11) is 0. The van der Waals surface area contributed by atoms with E-state index < -0.39 is 16.7 Å². The summed E-state index contributed by atoms with van der Waals surface area (Å²) in [5, 5.41) is 13.0. The second kappa shape index (κ2) is 9.42. The number of hydrogen-bond acceptors (Lipinski definition) is 6. The molecule has 0 heterocycles. The smallest absolute Gasteiger partial charge is 0.282 e. The van der Waals surface area contributed by atoms with Crippen LogP contribution in [-0.4, -0.2) is 28.5 Å². The lowest BCUT2D eigenvalue weighted by atomic mass is 10.1. The number of rotatable bonds is 5. The Morgan fingerprint density at radius 3 is 2.36 bits per heavy atom. The van der Waals surface area contributed by atoms with Gasteiger partial charge in [-0.05, 0) is 43.3 Å². The summed E-state index contributed by atoms with van der Waals surface area (Å²) in [6.45, 7) is 3.47. The minimum Gasteiger partial charge on any atom is -0.483 e. The molecule has 0 bridgehead atoms. The first kappa shape index (κ1) is 20.8. The summed E-state index contributed by atoms with van der Waals surface area (Å²) in [6, 6.07) is 11.1. The van der Waals surface area contributed by atoms with Gasteiger partial charge in [-0.15, -0.1) is 0 Å². The fourth-order valence-electron chi connectivity index (χ4n) is 2.35. The van der Waals surface area contributed by atoms with Crippen molar-refractivity contribution in [2.45, 2.75) is 13.8 Å². The van der Waals surface area contributed by atoms with E-state index in [1.165, 1.54) is 24.3 Å². The highest BCUT2D eigenvalue weighted by Gasteiger charge is 2.20. The van der Waals surface area contributed by atoms with Gasteiger partial charge in [-0.25, -0.2) is 0 Å². The van der Waals surface area contributed by atoms with Crippen molar-refractivity contribution in [1.29, 1.82) is 0 Å². The maximum absolute atomic E-state index is 12.1. The molecule has 2 rings (SSSR count). The van der Waals surface area contributed by atoms with E-state index in [9.17, 15) is 19.7 Å². The number of carbonyl (C=O) groups excluding carboxylic acids is 2. The third kappa shape index (κ3) is 5.48. The molecule has 0 aliphatic carbocycles. The highest BCUT2D eigenvalue weighted by molar-refractivity contribution is 7.80. The normalized spacial score (nSPS) is 9.93. The molecule has 2 amide bonds. The number of nitro groups is 1. The zero-order valence-electron chi connectivity index (χ0n) is 15.1. The Bertz CT molecular complexity index is 912. The van der Waals surface area contributed by atoms with Crippen LogP contribution in [0, 0.1) is 24.0 Å². The van der Waals surface area contributed by atoms with Crippen LogP contribution in [0.4, 0.5) is 5.69 Å². The maximum Gasteiger partial charge on any atom is 0.282 e. The van der Waals surface area contributed by atoms with Gasteiger partial charge in [0.1, 0.15) is 11.3 Å². The predicted molar refractivity (Wildman–Crippen MR) is 106 cm³/mol. The van der Waals surface area contributed by atoms with Crippen molar-refractivity contribution in [2.75, 3.05) is 6.61 Å². The number of hydrazine groups is 1. The van der Waals surface area contributed by atoms with Crippen molar-refractivity contribution in [3.63, 3.8) is 0 Å². The van der Waals surface area contributed by atoms with Crippen LogP contribution < -0.4 is 20.9 Å². The third-order valence-corrected chi connectivity index (χ3v) is 3.85. The van der Waals surface area contributed by atoms with Crippen LogP contribution in [0.15, 0.2) is 42.5 Å². The van der Waals surface area contributed by atoms with E-state index in [4.69, 9.17) is 17.0 Å². The standard InChI is InChI=1S/C18H18N4O5S/c1-11-6-5-7-12(2)16(11)27-10-15(23)20-21-18(28)19-17(24)13-8-3-4-9-14(13)22(25)26/h3-9H,10H2,1-2H3,(H,20,23)(H2,19,21,24,28). The zero-order valence-corrected chi connectivity index (χ0v) is 16.0. The molecule has 0 saturated carbocycles. The van der Waals surface area contributed by atoms with Crippen LogP contribution >= 0.6 is 12.2 Å². The van der Waals surface area contributed by atoms with Gasteiger partial charge in [0.05, 0.1) is 4.92 Å². The number of aryl methyl sites for hydroxylation is 2. The number of nitro benzene ring substituents is 1. The molecule has 0 atom stereocenters. The number of amides is 2. The summed E-state index contributed by atoms with van der Waals surface area (Å²) in [4.78, 5) is 34.3. The van der Waals surface area contributed by atoms with Gasteiger partial charge in [-0.1, -0.05) is 30.3 Å². The van der Waals surface area contributed by atoms with E-state index in [0.717, 1.165) is 11.1 Å². The van der Waals surface area contributed by atoms with Crippen LogP contribution in [0.5, 0.6) is 5.75 Å². The largest absolute Gasteiger partial charge is 0.483 e. The molecule has 0 radical (unpaired) electrons. The first-order chi connectivity index (χ1) is 13.3. The Balaban J connectivity index is 1.84. The lowest BCUT2D eigenvalue weighted by Gasteiger charge is -2.13. The topological polar surface area (TPSA) is 123 Å². The number of thiocarbonyl (C=S) groups is 1. The Morgan fingerprint density at radius 1 is 1.07 bits per heavy atom. The van der Waals surface area contributed by atoms with Gasteiger partial charge in [0, 0.05) is 6.07 Å². The van der Waals surface area contributed by atoms with Crippen molar-refractivity contribution in [2.24, 2.45) is 0 Å². The maximum atomic E-state index is 12.1. The molecule has 0 saturated heterocycles. The van der Waals surface area contributed by atoms with Crippen LogP contribution in [0.3, 0.4) is 0 Å². The quantitative estimate of drug-likeness (QED) is 0.397. The van der Waals surface area contributed by atoms with Gasteiger partial charge in [-0.3, -0.25) is 35.9 Å². The predicted octanol–water partition coefficient (Wildman–Crippen LogP) is 1.93. The van der Waals surface area contributed by atoms with Crippen LogP contribution in [0.1, 0.15) is 21.5 Å². The number of para-hydroxylation sites is 2. The summed E-state index contributed by atoms with van der Waals surface area (Å²) >= 11 is 4.91. The molecular formula is C18H18N4O5S. The Labute approximate surface area is 166 Å². The molecule has 28 heavy (non-hydrogen) atoms. The Morgan fingerprint density at radius 2 is 1.71 bits per heavy atom. The van der Waals surface area contributed by atoms with E-state index in [1.807, 2.05) is 32.0 Å². The number of benzene rings is 2. The second-order valence-corrected chi connectivity index (χ2v) is 6.15. The van der Waals surface area contributed by atoms with Gasteiger partial charge < -0.3 is 4.74 Å². The number of nitrogens with one attached hydrogen (secondary N) is 3. The SMILES string of the molecule is Cc1cccc(C)c1OCC(=O)NNC(=S)NC(=O)c1ccccc1[N+](=O)[O-]. The fourth-order valence-corrected chi connectivity index (χ4v) is 2.50. The van der Waals surface area contributed by atoms with E-state index in [-0.39, 0.29) is 23.0 Å².